The van der Waals surface area contributed by atoms with Crippen molar-refractivity contribution in [2.24, 2.45) is 0 Å². The van der Waals surface area contributed by atoms with E-state index in [2.05, 4.69) is 4.98 Å². The van der Waals surface area contributed by atoms with E-state index >= 15 is 0 Å². The number of rotatable bonds is 3. The Bertz CT molecular complexity index is 588. The molecule has 0 saturated carbocycles. The molecule has 2 N–H and O–H groups in total. The molecular weight excluding hydrogens is 262 g/mol. The Kier molecular flexibility index (Phi) is 3.62. The Morgan fingerprint density at radius 3 is 2.70 bits per heavy atom. The molecule has 0 spiro atoms. The lowest BCUT2D eigenvalue weighted by atomic mass is 10.2. The summed E-state index contributed by atoms with van der Waals surface area (Å²) in [5.74, 6) is 0. The molecule has 2 atom stereocenters. The van der Waals surface area contributed by atoms with Crippen molar-refractivity contribution in [2.45, 2.75) is 38.0 Å². The van der Waals surface area contributed by atoms with Gasteiger partial charge in [0.2, 0.25) is 0 Å². The maximum Gasteiger partial charge on any atom is 0.330 e. The topological polar surface area (TPSA) is 87.6 Å². The van der Waals surface area contributed by atoms with E-state index in [4.69, 9.17) is 9.84 Å². The van der Waals surface area contributed by atoms with E-state index in [1.54, 1.807) is 6.20 Å². The van der Waals surface area contributed by atoms with Crippen molar-refractivity contribution in [2.75, 3.05) is 24.6 Å². The Morgan fingerprint density at radius 2 is 2.05 bits per heavy atom. The highest BCUT2D eigenvalue weighted by molar-refractivity contribution is 5.42. The molecule has 0 radical (unpaired) electrons. The zero-order chi connectivity index (χ0) is 14.1. The van der Waals surface area contributed by atoms with Crippen LogP contribution in [0.25, 0.3) is 0 Å². The average Bonchev–Trinajstić information content (AvgIpc) is 3.09. The maximum atomic E-state index is 11.9. The zero-order valence-electron chi connectivity index (χ0n) is 11.2. The lowest BCUT2D eigenvalue weighted by Gasteiger charge is -2.20. The number of H-pyrrole nitrogens is 1. The van der Waals surface area contributed by atoms with Crippen LogP contribution in [0.2, 0.25) is 0 Å². The first-order valence-electron chi connectivity index (χ1n) is 7.06. The van der Waals surface area contributed by atoms with E-state index in [0.29, 0.717) is 18.5 Å². The third kappa shape index (κ3) is 2.38. The van der Waals surface area contributed by atoms with Crippen molar-refractivity contribution in [1.29, 1.82) is 0 Å². The van der Waals surface area contributed by atoms with E-state index in [1.807, 2.05) is 4.90 Å². The van der Waals surface area contributed by atoms with Crippen LogP contribution in [0.4, 0.5) is 5.69 Å². The van der Waals surface area contributed by atoms with Crippen molar-refractivity contribution < 1.29 is 9.84 Å². The highest BCUT2D eigenvalue weighted by Crippen LogP contribution is 2.27. The van der Waals surface area contributed by atoms with Crippen LogP contribution in [0, 0.1) is 0 Å². The molecule has 2 aliphatic rings. The van der Waals surface area contributed by atoms with Crippen LogP contribution in [0.15, 0.2) is 15.8 Å². The van der Waals surface area contributed by atoms with Gasteiger partial charge in [-0.15, -0.1) is 0 Å². The van der Waals surface area contributed by atoms with Gasteiger partial charge in [0, 0.05) is 19.3 Å². The number of anilines is 1. The smallest absolute Gasteiger partial charge is 0.330 e. The summed E-state index contributed by atoms with van der Waals surface area (Å²) >= 11 is 0. The summed E-state index contributed by atoms with van der Waals surface area (Å²) in [7, 11) is 0. The van der Waals surface area contributed by atoms with Gasteiger partial charge in [0.15, 0.2) is 0 Å². The van der Waals surface area contributed by atoms with Gasteiger partial charge in [0.25, 0.3) is 5.56 Å². The van der Waals surface area contributed by atoms with Crippen LogP contribution in [0.5, 0.6) is 0 Å². The minimum absolute atomic E-state index is 0.0480. The summed E-state index contributed by atoms with van der Waals surface area (Å²) in [6.07, 6.45) is 4.46. The fraction of sp³-hybridized carbons (Fsp3) is 0.692. The minimum atomic E-state index is -0.457. The van der Waals surface area contributed by atoms with Gasteiger partial charge in [-0.1, -0.05) is 0 Å². The van der Waals surface area contributed by atoms with Gasteiger partial charge < -0.3 is 14.7 Å². The SMILES string of the molecule is O=c1[nH]c(=O)n([C@H]2CC[C@@H](CO)O2)cc1N1CCCC1. The number of aromatic amines is 1. The highest BCUT2D eigenvalue weighted by Gasteiger charge is 2.28. The zero-order valence-corrected chi connectivity index (χ0v) is 11.2. The van der Waals surface area contributed by atoms with Crippen LogP contribution >= 0.6 is 0 Å². The molecule has 0 unspecified atom stereocenters. The Hall–Kier alpha value is -1.60. The molecule has 3 rings (SSSR count). The van der Waals surface area contributed by atoms with Gasteiger partial charge in [0.05, 0.1) is 12.7 Å². The largest absolute Gasteiger partial charge is 0.394 e. The van der Waals surface area contributed by atoms with Gasteiger partial charge in [-0.05, 0) is 25.7 Å². The molecular formula is C13H19N3O4. The predicted octanol–water partition coefficient (Wildman–Crippen LogP) is -0.193. The maximum absolute atomic E-state index is 11.9. The molecule has 110 valence electrons. The molecule has 0 aromatic carbocycles. The summed E-state index contributed by atoms with van der Waals surface area (Å²) in [6, 6.07) is 0. The quantitative estimate of drug-likeness (QED) is 0.801. The summed E-state index contributed by atoms with van der Waals surface area (Å²) in [4.78, 5) is 28.2. The molecule has 0 aliphatic carbocycles. The van der Waals surface area contributed by atoms with Gasteiger partial charge in [-0.25, -0.2) is 4.79 Å². The number of hydrogen-bond donors (Lipinski definition) is 2. The molecule has 2 fully saturated rings. The molecule has 7 heteroatoms. The lowest BCUT2D eigenvalue weighted by Crippen LogP contribution is -2.36. The second kappa shape index (κ2) is 5.41. The summed E-state index contributed by atoms with van der Waals surface area (Å²) < 4.78 is 7.04. The fourth-order valence-corrected chi connectivity index (χ4v) is 2.90. The molecule has 2 aliphatic heterocycles. The van der Waals surface area contributed by atoms with Crippen molar-refractivity contribution in [3.05, 3.63) is 27.0 Å². The van der Waals surface area contributed by atoms with E-state index in [-0.39, 0.29) is 18.3 Å². The molecule has 1 aromatic rings. The van der Waals surface area contributed by atoms with Crippen LogP contribution < -0.4 is 16.1 Å². The number of aliphatic hydroxyl groups excluding tert-OH is 1. The van der Waals surface area contributed by atoms with Crippen molar-refractivity contribution in [3.8, 4) is 0 Å². The average molecular weight is 281 g/mol. The summed E-state index contributed by atoms with van der Waals surface area (Å²) in [6.45, 7) is 1.63. The molecule has 1 aromatic heterocycles. The lowest BCUT2D eigenvalue weighted by molar-refractivity contribution is -0.0245. The van der Waals surface area contributed by atoms with Gasteiger partial charge >= 0.3 is 5.69 Å². The number of aromatic nitrogens is 2. The van der Waals surface area contributed by atoms with E-state index < -0.39 is 11.9 Å². The van der Waals surface area contributed by atoms with E-state index in [1.165, 1.54) is 4.57 Å². The highest BCUT2D eigenvalue weighted by atomic mass is 16.5. The van der Waals surface area contributed by atoms with Crippen LogP contribution in [0.1, 0.15) is 31.9 Å². The minimum Gasteiger partial charge on any atom is -0.394 e. The fourth-order valence-electron chi connectivity index (χ4n) is 2.90. The van der Waals surface area contributed by atoms with Crippen molar-refractivity contribution in [3.63, 3.8) is 0 Å². The molecule has 0 bridgehead atoms. The Labute approximate surface area is 115 Å². The monoisotopic (exact) mass is 281 g/mol. The third-order valence-electron chi connectivity index (χ3n) is 3.99. The number of aliphatic hydroxyl groups is 1. The van der Waals surface area contributed by atoms with Crippen molar-refractivity contribution >= 4 is 5.69 Å². The van der Waals surface area contributed by atoms with Crippen molar-refractivity contribution in [1.82, 2.24) is 9.55 Å². The van der Waals surface area contributed by atoms with Gasteiger partial charge in [-0.2, -0.15) is 0 Å². The number of nitrogens with one attached hydrogen (secondary N) is 1. The van der Waals surface area contributed by atoms with Crippen LogP contribution in [0.3, 0.4) is 0 Å². The molecule has 7 nitrogen and oxygen atoms in total. The molecule has 2 saturated heterocycles. The van der Waals surface area contributed by atoms with Crippen LogP contribution in [-0.2, 0) is 4.74 Å². The number of nitrogens with zero attached hydrogens (tertiary/aromatic N) is 2. The number of ether oxygens (including phenoxy) is 1. The standard InChI is InChI=1S/C13H19N3O4/c17-8-9-3-4-11(20-9)16-7-10(12(18)14-13(16)19)15-5-1-2-6-15/h7,9,11,17H,1-6,8H2,(H,14,18,19)/t9-,11+/m0/s1. The first-order valence-corrected chi connectivity index (χ1v) is 7.06. The van der Waals surface area contributed by atoms with Crippen LogP contribution in [-0.4, -0.2) is 40.5 Å². The molecule has 3 heterocycles. The molecule has 0 amide bonds. The van der Waals surface area contributed by atoms with Gasteiger partial charge in [0.1, 0.15) is 11.9 Å². The second-order valence-corrected chi connectivity index (χ2v) is 5.35. The Balaban J connectivity index is 1.93. The number of hydrogen-bond acceptors (Lipinski definition) is 5. The van der Waals surface area contributed by atoms with E-state index in [0.717, 1.165) is 25.9 Å². The third-order valence-corrected chi connectivity index (χ3v) is 3.99. The first-order chi connectivity index (χ1) is 9.69. The predicted molar refractivity (Wildman–Crippen MR) is 73.0 cm³/mol. The Morgan fingerprint density at radius 1 is 1.30 bits per heavy atom. The van der Waals surface area contributed by atoms with E-state index in [9.17, 15) is 9.59 Å². The first kappa shape index (κ1) is 13.4. The second-order valence-electron chi connectivity index (χ2n) is 5.35. The molecule has 20 heavy (non-hydrogen) atoms. The van der Waals surface area contributed by atoms with Gasteiger partial charge in [-0.3, -0.25) is 14.3 Å². The normalized spacial score (nSPS) is 26.4. The summed E-state index contributed by atoms with van der Waals surface area (Å²) in [5.41, 5.74) is -0.274. The summed E-state index contributed by atoms with van der Waals surface area (Å²) in [5, 5.41) is 9.09.